The van der Waals surface area contributed by atoms with E-state index in [1.807, 2.05) is 16.3 Å². The Hall–Kier alpha value is -2.38. The van der Waals surface area contributed by atoms with Crippen LogP contribution in [0.15, 0.2) is 36.0 Å². The minimum Gasteiger partial charge on any atom is -0.360 e. The third-order valence-electron chi connectivity index (χ3n) is 4.83. The molecule has 8 heteroatoms. The molecule has 1 aliphatic heterocycles. The summed E-state index contributed by atoms with van der Waals surface area (Å²) < 4.78 is 0. The van der Waals surface area contributed by atoms with Crippen molar-refractivity contribution < 1.29 is 9.59 Å². The predicted octanol–water partition coefficient (Wildman–Crippen LogP) is 3.20. The summed E-state index contributed by atoms with van der Waals surface area (Å²) in [7, 11) is 0. The Morgan fingerprint density at radius 1 is 1.19 bits per heavy atom. The summed E-state index contributed by atoms with van der Waals surface area (Å²) in [6.07, 6.45) is 4.62. The molecule has 1 aromatic carbocycles. The number of benzene rings is 1. The van der Waals surface area contributed by atoms with Crippen molar-refractivity contribution in [2.45, 2.75) is 12.8 Å². The van der Waals surface area contributed by atoms with Crippen LogP contribution in [0, 0.1) is 0 Å². The van der Waals surface area contributed by atoms with Gasteiger partial charge >= 0.3 is 0 Å². The van der Waals surface area contributed by atoms with Crippen LogP contribution in [0.4, 0.5) is 0 Å². The summed E-state index contributed by atoms with van der Waals surface area (Å²) in [5.41, 5.74) is 1.51. The highest BCUT2D eigenvalue weighted by molar-refractivity contribution is 7.09. The molecule has 1 N–H and O–H groups in total. The van der Waals surface area contributed by atoms with E-state index in [-0.39, 0.29) is 11.8 Å². The van der Waals surface area contributed by atoms with E-state index in [9.17, 15) is 9.59 Å². The van der Waals surface area contributed by atoms with E-state index in [1.54, 1.807) is 40.8 Å². The van der Waals surface area contributed by atoms with Crippen LogP contribution in [0.1, 0.15) is 21.8 Å². The maximum atomic E-state index is 12.9. The number of piperazine rings is 1. The van der Waals surface area contributed by atoms with E-state index in [4.69, 9.17) is 11.6 Å². The van der Waals surface area contributed by atoms with Gasteiger partial charge in [-0.15, -0.1) is 11.3 Å². The zero-order valence-corrected chi connectivity index (χ0v) is 16.2. The van der Waals surface area contributed by atoms with Gasteiger partial charge in [0.1, 0.15) is 0 Å². The minimum atomic E-state index is -0.0293. The second kappa shape index (κ2) is 7.70. The molecule has 3 aromatic rings. The van der Waals surface area contributed by atoms with Crippen molar-refractivity contribution in [2.75, 3.05) is 26.2 Å². The number of amides is 2. The number of aromatic amines is 1. The number of nitrogens with one attached hydrogen (secondary N) is 1. The molecule has 0 radical (unpaired) electrons. The first kappa shape index (κ1) is 18.0. The molecule has 27 heavy (non-hydrogen) atoms. The van der Waals surface area contributed by atoms with Gasteiger partial charge < -0.3 is 14.8 Å². The van der Waals surface area contributed by atoms with Crippen LogP contribution < -0.4 is 0 Å². The number of H-pyrrole nitrogens is 1. The van der Waals surface area contributed by atoms with E-state index in [0.29, 0.717) is 49.6 Å². The number of aryl methyl sites for hydroxylation is 1. The number of hydrogen-bond acceptors (Lipinski definition) is 4. The van der Waals surface area contributed by atoms with Crippen LogP contribution in [-0.2, 0) is 11.2 Å². The zero-order valence-electron chi connectivity index (χ0n) is 14.7. The molecule has 0 aliphatic carbocycles. The van der Waals surface area contributed by atoms with Crippen LogP contribution in [-0.4, -0.2) is 57.8 Å². The molecule has 3 heterocycles. The second-order valence-corrected chi connectivity index (χ2v) is 7.91. The van der Waals surface area contributed by atoms with E-state index < -0.39 is 0 Å². The Morgan fingerprint density at radius 3 is 2.70 bits per heavy atom. The molecule has 0 atom stereocenters. The summed E-state index contributed by atoms with van der Waals surface area (Å²) in [4.78, 5) is 36.3. The van der Waals surface area contributed by atoms with Crippen molar-refractivity contribution in [1.29, 1.82) is 0 Å². The van der Waals surface area contributed by atoms with Gasteiger partial charge in [-0.1, -0.05) is 11.6 Å². The monoisotopic (exact) mass is 402 g/mol. The van der Waals surface area contributed by atoms with Gasteiger partial charge in [0, 0.05) is 72.7 Å². The average molecular weight is 403 g/mol. The third-order valence-corrected chi connectivity index (χ3v) is 5.90. The van der Waals surface area contributed by atoms with E-state index >= 15 is 0 Å². The number of carbonyl (C=O) groups is 2. The average Bonchev–Trinajstić information content (AvgIpc) is 3.35. The topological polar surface area (TPSA) is 69.3 Å². The number of thiazole rings is 1. The molecule has 0 bridgehead atoms. The SMILES string of the molecule is O=C(CCc1nccs1)N1CCN(C(=O)c2c[nH]c3ccc(Cl)cc23)CC1. The summed E-state index contributed by atoms with van der Waals surface area (Å²) in [6, 6.07) is 5.47. The maximum absolute atomic E-state index is 12.9. The first-order valence-electron chi connectivity index (χ1n) is 8.84. The highest BCUT2D eigenvalue weighted by Crippen LogP contribution is 2.24. The number of rotatable bonds is 4. The fourth-order valence-corrected chi connectivity index (χ4v) is 4.14. The Bertz CT molecular complexity index is 961. The normalized spacial score (nSPS) is 14.7. The van der Waals surface area contributed by atoms with Crippen molar-refractivity contribution in [3.8, 4) is 0 Å². The van der Waals surface area contributed by atoms with Gasteiger partial charge in [0.25, 0.3) is 5.91 Å². The first-order valence-corrected chi connectivity index (χ1v) is 10.1. The van der Waals surface area contributed by atoms with Crippen molar-refractivity contribution in [2.24, 2.45) is 0 Å². The number of halogens is 1. The lowest BCUT2D eigenvalue weighted by Crippen LogP contribution is -2.50. The zero-order chi connectivity index (χ0) is 18.8. The Balaban J connectivity index is 1.36. The molecular formula is C19H19ClN4O2S. The quantitative estimate of drug-likeness (QED) is 0.728. The lowest BCUT2D eigenvalue weighted by atomic mass is 10.1. The predicted molar refractivity (Wildman–Crippen MR) is 106 cm³/mol. The molecule has 0 unspecified atom stereocenters. The molecule has 6 nitrogen and oxygen atoms in total. The lowest BCUT2D eigenvalue weighted by Gasteiger charge is -2.34. The second-order valence-electron chi connectivity index (χ2n) is 6.49. The lowest BCUT2D eigenvalue weighted by molar-refractivity contribution is -0.132. The molecule has 4 rings (SSSR count). The molecular weight excluding hydrogens is 384 g/mol. The molecule has 1 aliphatic rings. The Kier molecular flexibility index (Phi) is 5.13. The van der Waals surface area contributed by atoms with Crippen molar-refractivity contribution in [3.05, 3.63) is 51.6 Å². The number of hydrogen-bond donors (Lipinski definition) is 1. The summed E-state index contributed by atoms with van der Waals surface area (Å²) in [6.45, 7) is 2.20. The van der Waals surface area contributed by atoms with Gasteiger partial charge in [-0.25, -0.2) is 4.98 Å². The van der Waals surface area contributed by atoms with Gasteiger partial charge in [-0.3, -0.25) is 9.59 Å². The van der Waals surface area contributed by atoms with Gasteiger partial charge in [0.05, 0.1) is 10.6 Å². The van der Waals surface area contributed by atoms with Gasteiger partial charge in [0.15, 0.2) is 0 Å². The van der Waals surface area contributed by atoms with Crippen LogP contribution in [0.25, 0.3) is 10.9 Å². The van der Waals surface area contributed by atoms with E-state index in [2.05, 4.69) is 9.97 Å². The standard InChI is InChI=1S/C19H19ClN4O2S/c20-13-1-2-16-14(11-13)15(12-22-16)19(26)24-8-6-23(7-9-24)18(25)4-3-17-21-5-10-27-17/h1-2,5,10-12,22H,3-4,6-9H2. The number of fused-ring (bicyclic) bond motifs is 1. The Morgan fingerprint density at radius 2 is 1.96 bits per heavy atom. The van der Waals surface area contributed by atoms with Crippen LogP contribution in [0.5, 0.6) is 0 Å². The highest BCUT2D eigenvalue weighted by Gasteiger charge is 2.26. The molecule has 2 aromatic heterocycles. The molecule has 1 saturated heterocycles. The van der Waals surface area contributed by atoms with Crippen molar-refractivity contribution in [1.82, 2.24) is 19.8 Å². The number of aromatic nitrogens is 2. The Labute approximate surface area is 165 Å². The summed E-state index contributed by atoms with van der Waals surface area (Å²) in [5, 5.41) is 4.33. The van der Waals surface area contributed by atoms with Gasteiger partial charge in [0.2, 0.25) is 5.91 Å². The molecule has 140 valence electrons. The van der Waals surface area contributed by atoms with Crippen molar-refractivity contribution >= 4 is 45.7 Å². The molecule has 1 fully saturated rings. The smallest absolute Gasteiger partial charge is 0.256 e. The van der Waals surface area contributed by atoms with Crippen LogP contribution in [0.2, 0.25) is 5.02 Å². The first-order chi connectivity index (χ1) is 13.1. The molecule has 0 spiro atoms. The van der Waals surface area contributed by atoms with E-state index in [1.165, 1.54) is 0 Å². The largest absolute Gasteiger partial charge is 0.360 e. The van der Waals surface area contributed by atoms with E-state index in [0.717, 1.165) is 15.9 Å². The number of nitrogens with zero attached hydrogens (tertiary/aromatic N) is 3. The maximum Gasteiger partial charge on any atom is 0.256 e. The molecule has 2 amide bonds. The molecule has 0 saturated carbocycles. The fraction of sp³-hybridized carbons (Fsp3) is 0.316. The highest BCUT2D eigenvalue weighted by atomic mass is 35.5. The third kappa shape index (κ3) is 3.84. The number of carbonyl (C=O) groups excluding carboxylic acids is 2. The van der Waals surface area contributed by atoms with Crippen LogP contribution >= 0.6 is 22.9 Å². The minimum absolute atomic E-state index is 0.0293. The van der Waals surface area contributed by atoms with Gasteiger partial charge in [-0.05, 0) is 18.2 Å². The summed E-state index contributed by atoms with van der Waals surface area (Å²) >= 11 is 7.64. The summed E-state index contributed by atoms with van der Waals surface area (Å²) in [5.74, 6) is 0.0922. The van der Waals surface area contributed by atoms with Crippen molar-refractivity contribution in [3.63, 3.8) is 0 Å². The van der Waals surface area contributed by atoms with Gasteiger partial charge in [-0.2, -0.15) is 0 Å². The fourth-order valence-electron chi connectivity index (χ4n) is 3.35. The van der Waals surface area contributed by atoms with Crippen LogP contribution in [0.3, 0.4) is 0 Å².